The molecule has 2 fully saturated rings. The standard InChI is InChI=1S/C13H23IO4/c1-12(15-8-9-16-12)5-6-13(4-2-3-7-14)17-10-11-18-13/h2-11H2,1H3. The third-order valence-electron chi connectivity index (χ3n) is 3.61. The summed E-state index contributed by atoms with van der Waals surface area (Å²) in [6.07, 6.45) is 5.04. The van der Waals surface area contributed by atoms with Crippen molar-refractivity contribution < 1.29 is 18.9 Å². The summed E-state index contributed by atoms with van der Waals surface area (Å²) in [6, 6.07) is 0. The first-order valence-electron chi connectivity index (χ1n) is 6.80. The van der Waals surface area contributed by atoms with Crippen LogP contribution in [-0.4, -0.2) is 42.4 Å². The van der Waals surface area contributed by atoms with E-state index < -0.39 is 5.79 Å². The van der Waals surface area contributed by atoms with Crippen LogP contribution in [0.1, 0.15) is 39.0 Å². The molecule has 0 aliphatic carbocycles. The van der Waals surface area contributed by atoms with Crippen LogP contribution in [0.3, 0.4) is 0 Å². The Bertz CT molecular complexity index is 247. The van der Waals surface area contributed by atoms with Crippen molar-refractivity contribution in [2.75, 3.05) is 30.9 Å². The molecule has 0 N–H and O–H groups in total. The van der Waals surface area contributed by atoms with Crippen LogP contribution in [0.15, 0.2) is 0 Å². The Labute approximate surface area is 123 Å². The molecule has 0 saturated carbocycles. The number of unbranched alkanes of at least 4 members (excludes halogenated alkanes) is 1. The van der Waals surface area contributed by atoms with E-state index >= 15 is 0 Å². The van der Waals surface area contributed by atoms with Crippen LogP contribution < -0.4 is 0 Å². The molecule has 0 bridgehead atoms. The zero-order chi connectivity index (χ0) is 12.9. The van der Waals surface area contributed by atoms with Crippen molar-refractivity contribution in [2.24, 2.45) is 0 Å². The van der Waals surface area contributed by atoms with E-state index in [0.29, 0.717) is 26.4 Å². The summed E-state index contributed by atoms with van der Waals surface area (Å²) in [7, 11) is 0. The highest BCUT2D eigenvalue weighted by atomic mass is 127. The van der Waals surface area contributed by atoms with Gasteiger partial charge in [0.2, 0.25) is 0 Å². The first kappa shape index (κ1) is 15.0. The second-order valence-corrected chi connectivity index (χ2v) is 6.16. The molecular formula is C13H23IO4. The van der Waals surface area contributed by atoms with E-state index in [0.717, 1.165) is 25.7 Å². The van der Waals surface area contributed by atoms with Crippen LogP contribution in [-0.2, 0) is 18.9 Å². The van der Waals surface area contributed by atoms with Crippen molar-refractivity contribution >= 4 is 22.6 Å². The molecular weight excluding hydrogens is 347 g/mol. The van der Waals surface area contributed by atoms with E-state index in [-0.39, 0.29) is 5.79 Å². The van der Waals surface area contributed by atoms with E-state index in [1.165, 1.54) is 10.8 Å². The minimum atomic E-state index is -0.439. The fourth-order valence-corrected chi connectivity index (χ4v) is 3.06. The van der Waals surface area contributed by atoms with Crippen LogP contribution in [0.25, 0.3) is 0 Å². The number of rotatable bonds is 7. The summed E-state index contributed by atoms with van der Waals surface area (Å²) < 4.78 is 24.2. The number of hydrogen-bond acceptors (Lipinski definition) is 4. The van der Waals surface area contributed by atoms with E-state index in [1.54, 1.807) is 0 Å². The smallest absolute Gasteiger partial charge is 0.168 e. The molecule has 0 aromatic heterocycles. The Kier molecular flexibility index (Phi) is 5.68. The van der Waals surface area contributed by atoms with Crippen LogP contribution >= 0.6 is 22.6 Å². The van der Waals surface area contributed by atoms with Gasteiger partial charge in [-0.25, -0.2) is 0 Å². The Morgan fingerprint density at radius 3 is 2.06 bits per heavy atom. The highest BCUT2D eigenvalue weighted by Crippen LogP contribution is 2.35. The van der Waals surface area contributed by atoms with E-state index in [2.05, 4.69) is 22.6 Å². The average Bonchev–Trinajstić information content (AvgIpc) is 2.98. The summed E-state index contributed by atoms with van der Waals surface area (Å²) in [4.78, 5) is 0. The quantitative estimate of drug-likeness (QED) is 0.392. The van der Waals surface area contributed by atoms with Gasteiger partial charge in [-0.2, -0.15) is 0 Å². The fourth-order valence-electron chi connectivity index (χ4n) is 2.52. The zero-order valence-electron chi connectivity index (χ0n) is 11.1. The molecule has 2 aliphatic rings. The Morgan fingerprint density at radius 1 is 0.833 bits per heavy atom. The SMILES string of the molecule is CC1(CCC2(CCCCI)OCCO2)OCCO1. The predicted octanol–water partition coefficient (Wildman–Crippen LogP) is 2.88. The molecule has 0 aromatic carbocycles. The molecule has 18 heavy (non-hydrogen) atoms. The number of hydrogen-bond donors (Lipinski definition) is 0. The predicted molar refractivity (Wildman–Crippen MR) is 76.9 cm³/mol. The first-order valence-corrected chi connectivity index (χ1v) is 8.32. The number of alkyl halides is 1. The lowest BCUT2D eigenvalue weighted by Crippen LogP contribution is -2.35. The zero-order valence-corrected chi connectivity index (χ0v) is 13.2. The number of halogens is 1. The Hall–Kier alpha value is 0.570. The molecule has 5 heteroatoms. The fraction of sp³-hybridized carbons (Fsp3) is 1.00. The maximum Gasteiger partial charge on any atom is 0.168 e. The van der Waals surface area contributed by atoms with Crippen LogP contribution in [0.5, 0.6) is 0 Å². The van der Waals surface area contributed by atoms with Gasteiger partial charge in [0, 0.05) is 19.3 Å². The maximum atomic E-state index is 5.86. The molecule has 0 atom stereocenters. The summed E-state index contributed by atoms with van der Waals surface area (Å²) in [5.41, 5.74) is 0. The summed E-state index contributed by atoms with van der Waals surface area (Å²) in [5.74, 6) is -0.824. The van der Waals surface area contributed by atoms with Crippen molar-refractivity contribution in [3.63, 3.8) is 0 Å². The van der Waals surface area contributed by atoms with Crippen LogP contribution in [0.2, 0.25) is 0 Å². The topological polar surface area (TPSA) is 36.9 Å². The van der Waals surface area contributed by atoms with Gasteiger partial charge in [-0.1, -0.05) is 22.6 Å². The molecule has 106 valence electrons. The number of ether oxygens (including phenoxy) is 4. The summed E-state index contributed by atoms with van der Waals surface area (Å²) >= 11 is 2.41. The van der Waals surface area contributed by atoms with E-state index in [9.17, 15) is 0 Å². The van der Waals surface area contributed by atoms with Crippen LogP contribution in [0.4, 0.5) is 0 Å². The van der Waals surface area contributed by atoms with E-state index in [1.807, 2.05) is 6.92 Å². The van der Waals surface area contributed by atoms with Gasteiger partial charge >= 0.3 is 0 Å². The normalized spacial score (nSPS) is 25.7. The van der Waals surface area contributed by atoms with Gasteiger partial charge in [0.05, 0.1) is 26.4 Å². The lowest BCUT2D eigenvalue weighted by molar-refractivity contribution is -0.200. The second-order valence-electron chi connectivity index (χ2n) is 5.08. The summed E-state index contributed by atoms with van der Waals surface area (Å²) in [6.45, 7) is 4.82. The maximum absolute atomic E-state index is 5.86. The molecule has 0 radical (unpaired) electrons. The van der Waals surface area contributed by atoms with Crippen LogP contribution in [0, 0.1) is 0 Å². The van der Waals surface area contributed by atoms with Gasteiger partial charge in [-0.3, -0.25) is 0 Å². The highest BCUT2D eigenvalue weighted by Gasteiger charge is 2.40. The van der Waals surface area contributed by atoms with Gasteiger partial charge < -0.3 is 18.9 Å². The van der Waals surface area contributed by atoms with Gasteiger partial charge in [-0.05, 0) is 24.2 Å². The van der Waals surface area contributed by atoms with Gasteiger partial charge in [0.25, 0.3) is 0 Å². The third kappa shape index (κ3) is 4.03. The molecule has 2 aliphatic heterocycles. The minimum Gasteiger partial charge on any atom is -0.348 e. The first-order chi connectivity index (χ1) is 8.68. The van der Waals surface area contributed by atoms with E-state index in [4.69, 9.17) is 18.9 Å². The lowest BCUT2D eigenvalue weighted by atomic mass is 10.00. The van der Waals surface area contributed by atoms with Crippen molar-refractivity contribution in [3.8, 4) is 0 Å². The van der Waals surface area contributed by atoms with Gasteiger partial charge in [0.1, 0.15) is 0 Å². The molecule has 4 nitrogen and oxygen atoms in total. The molecule has 0 aromatic rings. The van der Waals surface area contributed by atoms with Gasteiger partial charge in [0.15, 0.2) is 11.6 Å². The molecule has 2 heterocycles. The molecule has 0 unspecified atom stereocenters. The summed E-state index contributed by atoms with van der Waals surface area (Å²) in [5, 5.41) is 0. The van der Waals surface area contributed by atoms with Crippen molar-refractivity contribution in [3.05, 3.63) is 0 Å². The average molecular weight is 370 g/mol. The van der Waals surface area contributed by atoms with Crippen molar-refractivity contribution in [1.29, 1.82) is 0 Å². The monoisotopic (exact) mass is 370 g/mol. The highest BCUT2D eigenvalue weighted by molar-refractivity contribution is 14.1. The molecule has 2 rings (SSSR count). The molecule has 2 saturated heterocycles. The Balaban J connectivity index is 1.81. The second kappa shape index (κ2) is 6.83. The van der Waals surface area contributed by atoms with Gasteiger partial charge in [-0.15, -0.1) is 0 Å². The Morgan fingerprint density at radius 2 is 1.44 bits per heavy atom. The van der Waals surface area contributed by atoms with Crippen molar-refractivity contribution in [2.45, 2.75) is 50.6 Å². The molecule has 0 amide bonds. The molecule has 0 spiro atoms. The van der Waals surface area contributed by atoms with Crippen molar-refractivity contribution in [1.82, 2.24) is 0 Å². The minimum absolute atomic E-state index is 0.385. The largest absolute Gasteiger partial charge is 0.348 e. The third-order valence-corrected chi connectivity index (χ3v) is 4.38. The lowest BCUT2D eigenvalue weighted by Gasteiger charge is -2.31.